The average molecular weight is 373 g/mol. The second kappa shape index (κ2) is 8.16. The van der Waals surface area contributed by atoms with E-state index in [1.807, 2.05) is 0 Å². The van der Waals surface area contributed by atoms with Gasteiger partial charge < -0.3 is 16.0 Å². The molecular formula is C20H21F2N3O2. The Bertz CT molecular complexity index is 801. The highest BCUT2D eigenvalue weighted by molar-refractivity contribution is 5.97. The van der Waals surface area contributed by atoms with Crippen LogP contribution in [0.2, 0.25) is 0 Å². The van der Waals surface area contributed by atoms with E-state index < -0.39 is 17.3 Å². The van der Waals surface area contributed by atoms with Gasteiger partial charge in [0.2, 0.25) is 11.8 Å². The lowest BCUT2D eigenvalue weighted by molar-refractivity contribution is -0.127. The summed E-state index contributed by atoms with van der Waals surface area (Å²) in [5.41, 5.74) is 0.299. The summed E-state index contributed by atoms with van der Waals surface area (Å²) >= 11 is 0. The third-order valence-electron chi connectivity index (χ3n) is 4.66. The van der Waals surface area contributed by atoms with Crippen molar-refractivity contribution in [1.82, 2.24) is 5.32 Å². The van der Waals surface area contributed by atoms with E-state index in [1.54, 1.807) is 12.1 Å². The summed E-state index contributed by atoms with van der Waals surface area (Å²) in [7, 11) is 0. The Kier molecular flexibility index (Phi) is 5.69. The number of anilines is 2. The molecule has 1 aliphatic carbocycles. The van der Waals surface area contributed by atoms with Gasteiger partial charge in [0.15, 0.2) is 0 Å². The van der Waals surface area contributed by atoms with E-state index in [4.69, 9.17) is 0 Å². The minimum Gasteiger partial charge on any atom is -0.371 e. The molecule has 142 valence electrons. The number of hydrogen-bond donors (Lipinski definition) is 3. The molecule has 2 aromatic carbocycles. The van der Waals surface area contributed by atoms with Gasteiger partial charge in [0, 0.05) is 11.4 Å². The zero-order chi connectivity index (χ0) is 19.3. The van der Waals surface area contributed by atoms with E-state index in [-0.39, 0.29) is 18.3 Å². The molecule has 27 heavy (non-hydrogen) atoms. The molecule has 3 N–H and O–H groups in total. The Labute approximate surface area is 156 Å². The first-order chi connectivity index (χ1) is 13.0. The molecule has 3 rings (SSSR count). The van der Waals surface area contributed by atoms with Crippen LogP contribution in [-0.4, -0.2) is 23.9 Å². The monoisotopic (exact) mass is 373 g/mol. The predicted octanol–water partition coefficient (Wildman–Crippen LogP) is 3.44. The molecule has 0 aliphatic heterocycles. The molecule has 2 amide bonds. The summed E-state index contributed by atoms with van der Waals surface area (Å²) in [6.45, 7) is -0.191. The number of amides is 2. The molecule has 1 fully saturated rings. The van der Waals surface area contributed by atoms with Gasteiger partial charge in [-0.3, -0.25) is 9.59 Å². The third-order valence-corrected chi connectivity index (χ3v) is 4.66. The number of benzene rings is 2. The molecule has 0 heterocycles. The molecule has 1 aliphatic rings. The normalized spacial score (nSPS) is 15.2. The van der Waals surface area contributed by atoms with Gasteiger partial charge >= 0.3 is 0 Å². The van der Waals surface area contributed by atoms with Crippen LogP contribution >= 0.6 is 0 Å². The quantitative estimate of drug-likeness (QED) is 0.726. The van der Waals surface area contributed by atoms with Gasteiger partial charge in [0.25, 0.3) is 0 Å². The smallest absolute Gasteiger partial charge is 0.246 e. The van der Waals surface area contributed by atoms with E-state index >= 15 is 0 Å². The Balaban J connectivity index is 1.59. The molecule has 2 aromatic rings. The number of carbonyl (C=O) groups is 2. The molecule has 0 aromatic heterocycles. The van der Waals surface area contributed by atoms with E-state index in [1.165, 1.54) is 36.4 Å². The Morgan fingerprint density at radius 1 is 0.852 bits per heavy atom. The number of carbonyl (C=O) groups excluding carboxylic acids is 2. The van der Waals surface area contributed by atoms with E-state index in [0.29, 0.717) is 24.2 Å². The van der Waals surface area contributed by atoms with Gasteiger partial charge in [-0.05, 0) is 61.4 Å². The SMILES string of the molecule is O=C(CNC(=O)C1(Nc2ccc(F)cc2)CCCC1)Nc1ccc(F)cc1. The predicted molar refractivity (Wildman–Crippen MR) is 99.3 cm³/mol. The van der Waals surface area contributed by atoms with Gasteiger partial charge in [0.1, 0.15) is 17.2 Å². The van der Waals surface area contributed by atoms with Crippen LogP contribution < -0.4 is 16.0 Å². The van der Waals surface area contributed by atoms with Crippen LogP contribution in [-0.2, 0) is 9.59 Å². The third kappa shape index (κ3) is 4.81. The van der Waals surface area contributed by atoms with Crippen LogP contribution in [0.1, 0.15) is 25.7 Å². The molecule has 0 saturated heterocycles. The van der Waals surface area contributed by atoms with Crippen molar-refractivity contribution in [2.45, 2.75) is 31.2 Å². The highest BCUT2D eigenvalue weighted by Crippen LogP contribution is 2.33. The van der Waals surface area contributed by atoms with Crippen molar-refractivity contribution in [2.24, 2.45) is 0 Å². The van der Waals surface area contributed by atoms with Crippen LogP contribution in [0.5, 0.6) is 0 Å². The maximum absolute atomic E-state index is 13.1. The molecule has 5 nitrogen and oxygen atoms in total. The molecule has 7 heteroatoms. The maximum atomic E-state index is 13.1. The summed E-state index contributed by atoms with van der Waals surface area (Å²) in [5, 5.41) is 8.48. The van der Waals surface area contributed by atoms with Gasteiger partial charge in [-0.2, -0.15) is 0 Å². The minimum absolute atomic E-state index is 0.191. The molecular weight excluding hydrogens is 352 g/mol. The average Bonchev–Trinajstić information content (AvgIpc) is 3.13. The van der Waals surface area contributed by atoms with Gasteiger partial charge in [-0.25, -0.2) is 8.78 Å². The first-order valence-electron chi connectivity index (χ1n) is 8.84. The fourth-order valence-electron chi connectivity index (χ4n) is 3.27. The zero-order valence-corrected chi connectivity index (χ0v) is 14.7. The lowest BCUT2D eigenvalue weighted by atomic mass is 9.95. The van der Waals surface area contributed by atoms with Gasteiger partial charge in [-0.1, -0.05) is 12.8 Å². The van der Waals surface area contributed by atoms with Crippen molar-refractivity contribution in [3.05, 3.63) is 60.2 Å². The fraction of sp³-hybridized carbons (Fsp3) is 0.300. The summed E-state index contributed by atoms with van der Waals surface area (Å²) in [6, 6.07) is 11.2. The lowest BCUT2D eigenvalue weighted by Crippen LogP contribution is -2.52. The largest absolute Gasteiger partial charge is 0.371 e. The van der Waals surface area contributed by atoms with E-state index in [2.05, 4.69) is 16.0 Å². The molecule has 0 bridgehead atoms. The van der Waals surface area contributed by atoms with Crippen molar-refractivity contribution in [3.8, 4) is 0 Å². The second-order valence-corrected chi connectivity index (χ2v) is 6.66. The van der Waals surface area contributed by atoms with Crippen molar-refractivity contribution in [1.29, 1.82) is 0 Å². The standard InChI is InChI=1S/C20H21F2N3O2/c21-14-3-7-16(8-4-14)24-18(26)13-23-19(27)20(11-1-2-12-20)25-17-9-5-15(22)6-10-17/h3-10,25H,1-2,11-13H2,(H,23,27)(H,24,26). The number of rotatable bonds is 6. The molecule has 0 atom stereocenters. The first-order valence-corrected chi connectivity index (χ1v) is 8.84. The highest BCUT2D eigenvalue weighted by atomic mass is 19.1. The number of hydrogen-bond acceptors (Lipinski definition) is 3. The summed E-state index contributed by atoms with van der Waals surface area (Å²) in [4.78, 5) is 24.8. The van der Waals surface area contributed by atoms with Crippen LogP contribution in [0.4, 0.5) is 20.2 Å². The lowest BCUT2D eigenvalue weighted by Gasteiger charge is -2.30. The highest BCUT2D eigenvalue weighted by Gasteiger charge is 2.41. The molecule has 0 spiro atoms. The van der Waals surface area contributed by atoms with E-state index in [0.717, 1.165) is 12.8 Å². The molecule has 1 saturated carbocycles. The maximum Gasteiger partial charge on any atom is 0.246 e. The Morgan fingerprint density at radius 2 is 1.37 bits per heavy atom. The Hall–Kier alpha value is -2.96. The summed E-state index contributed by atoms with van der Waals surface area (Å²) in [6.07, 6.45) is 3.05. The van der Waals surface area contributed by atoms with Crippen LogP contribution in [0.15, 0.2) is 48.5 Å². The number of nitrogens with one attached hydrogen (secondary N) is 3. The van der Waals surface area contributed by atoms with Gasteiger partial charge in [0.05, 0.1) is 6.54 Å². The minimum atomic E-state index is -0.812. The van der Waals surface area contributed by atoms with Crippen LogP contribution in [0, 0.1) is 11.6 Å². The zero-order valence-electron chi connectivity index (χ0n) is 14.7. The van der Waals surface area contributed by atoms with Gasteiger partial charge in [-0.15, -0.1) is 0 Å². The van der Waals surface area contributed by atoms with Crippen LogP contribution in [0.3, 0.4) is 0 Å². The first kappa shape index (κ1) is 18.8. The van der Waals surface area contributed by atoms with Crippen LogP contribution in [0.25, 0.3) is 0 Å². The molecule has 0 unspecified atom stereocenters. The van der Waals surface area contributed by atoms with Crippen molar-refractivity contribution >= 4 is 23.2 Å². The van der Waals surface area contributed by atoms with Crippen molar-refractivity contribution in [3.63, 3.8) is 0 Å². The Morgan fingerprint density at radius 3 is 1.93 bits per heavy atom. The van der Waals surface area contributed by atoms with E-state index in [9.17, 15) is 18.4 Å². The summed E-state index contributed by atoms with van der Waals surface area (Å²) in [5.74, 6) is -1.40. The molecule has 0 radical (unpaired) electrons. The fourth-order valence-corrected chi connectivity index (χ4v) is 3.27. The summed E-state index contributed by atoms with van der Waals surface area (Å²) < 4.78 is 26.0. The van der Waals surface area contributed by atoms with Crippen molar-refractivity contribution < 1.29 is 18.4 Å². The number of halogens is 2. The topological polar surface area (TPSA) is 70.2 Å². The second-order valence-electron chi connectivity index (χ2n) is 6.66. The van der Waals surface area contributed by atoms with Crippen molar-refractivity contribution in [2.75, 3.05) is 17.2 Å².